The molecule has 0 saturated heterocycles. The zero-order valence-corrected chi connectivity index (χ0v) is 3.86. The van der Waals surface area contributed by atoms with E-state index >= 15 is 0 Å². The summed E-state index contributed by atoms with van der Waals surface area (Å²) in [6.45, 7) is 5.31. The van der Waals surface area contributed by atoms with Gasteiger partial charge in [-0.05, 0) is 6.92 Å². The highest BCUT2D eigenvalue weighted by molar-refractivity contribution is 4.85. The monoisotopic (exact) mass is 90.1 g/mol. The van der Waals surface area contributed by atoms with Crippen LogP contribution in [0.5, 0.6) is 0 Å². The highest BCUT2D eigenvalue weighted by atomic mass is 16.3. The first kappa shape index (κ1) is 9.18. The van der Waals surface area contributed by atoms with Crippen LogP contribution in [0.1, 0.15) is 6.92 Å². The molecule has 3 N–H and O–H groups in total. The molecule has 0 aliphatic heterocycles. The second kappa shape index (κ2) is 4.66. The third kappa shape index (κ3) is 9.40. The summed E-state index contributed by atoms with van der Waals surface area (Å²) in [7, 11) is 0. The van der Waals surface area contributed by atoms with Crippen LogP contribution in [0.25, 0.3) is 0 Å². The number of aliphatic hydroxyl groups excluding tert-OH is 1. The van der Waals surface area contributed by atoms with Gasteiger partial charge in [0, 0.05) is 0 Å². The van der Waals surface area contributed by atoms with Gasteiger partial charge in [0.2, 0.25) is 0 Å². The molecule has 0 aliphatic rings. The van der Waals surface area contributed by atoms with Gasteiger partial charge >= 0.3 is 0 Å². The average Bonchev–Trinajstić information content (AvgIpc) is 1.38. The Labute approximate surface area is 37.4 Å². The molecule has 0 amide bonds. The maximum Gasteiger partial charge on any atom is 0.0636 e. The molecule has 0 saturated carbocycles. The Morgan fingerprint density at radius 2 is 2.00 bits per heavy atom. The third-order valence-corrected chi connectivity index (χ3v) is 0.270. The summed E-state index contributed by atoms with van der Waals surface area (Å²) in [4.78, 5) is 0. The molecular weight excluding hydrogens is 80.0 g/mol. The van der Waals surface area contributed by atoms with Crippen molar-refractivity contribution >= 4 is 0 Å². The van der Waals surface area contributed by atoms with Crippen LogP contribution in [0.4, 0.5) is 0 Å². The Hall–Kier alpha value is -0.340. The lowest BCUT2D eigenvalue weighted by molar-refractivity contribution is 0.332. The molecule has 0 heterocycles. The Bertz CT molecular complexity index is 40.8. The molecule has 0 rings (SSSR count). The molecule has 0 radical (unpaired) electrons. The van der Waals surface area contributed by atoms with E-state index in [0.29, 0.717) is 0 Å². The van der Waals surface area contributed by atoms with Gasteiger partial charge in [-0.15, -0.1) is 0 Å². The minimum absolute atomic E-state index is 0. The summed E-state index contributed by atoms with van der Waals surface area (Å²) in [5, 5.41) is 8.04. The van der Waals surface area contributed by atoms with Crippen LogP contribution in [-0.2, 0) is 0 Å². The fraction of sp³-hybridized carbons (Fsp3) is 0.500. The smallest absolute Gasteiger partial charge is 0.0636 e. The number of hydrogen-bond donors (Lipinski definition) is 1. The summed E-state index contributed by atoms with van der Waals surface area (Å²) in [5.41, 5.74) is 0.810. The van der Waals surface area contributed by atoms with Gasteiger partial charge in [0.1, 0.15) is 0 Å². The molecule has 0 aromatic rings. The van der Waals surface area contributed by atoms with E-state index in [4.69, 9.17) is 5.11 Å². The van der Waals surface area contributed by atoms with Gasteiger partial charge in [-0.25, -0.2) is 0 Å². The van der Waals surface area contributed by atoms with Gasteiger partial charge in [0.25, 0.3) is 0 Å². The number of aliphatic hydroxyl groups is 1. The maximum atomic E-state index is 8.04. The fourth-order valence-electron chi connectivity index (χ4n) is 0. The van der Waals surface area contributed by atoms with E-state index in [0.717, 1.165) is 5.57 Å². The number of rotatable bonds is 1. The van der Waals surface area contributed by atoms with Gasteiger partial charge in [0.15, 0.2) is 0 Å². The van der Waals surface area contributed by atoms with E-state index < -0.39 is 0 Å². The van der Waals surface area contributed by atoms with E-state index in [-0.39, 0.29) is 12.1 Å². The summed E-state index contributed by atoms with van der Waals surface area (Å²) in [6.07, 6.45) is 0. The summed E-state index contributed by atoms with van der Waals surface area (Å²) in [5.74, 6) is 0. The standard InChI is InChI=1S/C4H8O.H2O/c1-4(2)3-5;/h5H,1,3H2,2H3;1H2. The molecule has 0 aromatic carbocycles. The van der Waals surface area contributed by atoms with Crippen LogP contribution < -0.4 is 0 Å². The van der Waals surface area contributed by atoms with Gasteiger partial charge in [-0.1, -0.05) is 12.2 Å². The van der Waals surface area contributed by atoms with Crippen LogP contribution >= 0.6 is 0 Å². The van der Waals surface area contributed by atoms with Crippen molar-refractivity contribution in [3.8, 4) is 0 Å². The van der Waals surface area contributed by atoms with Crippen molar-refractivity contribution in [1.82, 2.24) is 0 Å². The molecule has 6 heavy (non-hydrogen) atoms. The predicted octanol–water partition coefficient (Wildman–Crippen LogP) is -0.270. The SMILES string of the molecule is C=C(C)CO.O. The second-order valence-electron chi connectivity index (χ2n) is 1.12. The second-order valence-corrected chi connectivity index (χ2v) is 1.12. The Morgan fingerprint density at radius 1 is 1.83 bits per heavy atom. The van der Waals surface area contributed by atoms with Gasteiger partial charge < -0.3 is 10.6 Å². The summed E-state index contributed by atoms with van der Waals surface area (Å²) < 4.78 is 0. The molecule has 38 valence electrons. The van der Waals surface area contributed by atoms with Crippen molar-refractivity contribution in [3.05, 3.63) is 12.2 Å². The lowest BCUT2D eigenvalue weighted by atomic mass is 10.4. The molecule has 0 fully saturated rings. The van der Waals surface area contributed by atoms with E-state index in [1.165, 1.54) is 0 Å². The normalized spacial score (nSPS) is 6.33. The summed E-state index contributed by atoms with van der Waals surface area (Å²) >= 11 is 0. The lowest BCUT2D eigenvalue weighted by Gasteiger charge is -1.79. The van der Waals surface area contributed by atoms with E-state index in [9.17, 15) is 0 Å². The molecule has 0 aromatic heterocycles. The van der Waals surface area contributed by atoms with E-state index in [1.807, 2.05) is 0 Å². The van der Waals surface area contributed by atoms with E-state index in [1.54, 1.807) is 6.92 Å². The van der Waals surface area contributed by atoms with E-state index in [2.05, 4.69) is 6.58 Å². The topological polar surface area (TPSA) is 51.7 Å². The first-order valence-corrected chi connectivity index (χ1v) is 1.52. The van der Waals surface area contributed by atoms with Crippen molar-refractivity contribution in [2.75, 3.05) is 6.61 Å². The summed E-state index contributed by atoms with van der Waals surface area (Å²) in [6, 6.07) is 0. The predicted molar refractivity (Wildman–Crippen MR) is 25.5 cm³/mol. The Morgan fingerprint density at radius 3 is 2.00 bits per heavy atom. The first-order valence-electron chi connectivity index (χ1n) is 1.52. The van der Waals surface area contributed by atoms with Crippen LogP contribution in [0.3, 0.4) is 0 Å². The quantitative estimate of drug-likeness (QED) is 0.443. The third-order valence-electron chi connectivity index (χ3n) is 0.270. The van der Waals surface area contributed by atoms with Crippen LogP contribution in [-0.4, -0.2) is 17.2 Å². The highest BCUT2D eigenvalue weighted by Crippen LogP contribution is 1.76. The molecule has 0 aliphatic carbocycles. The fourth-order valence-corrected chi connectivity index (χ4v) is 0. The van der Waals surface area contributed by atoms with Crippen molar-refractivity contribution in [2.24, 2.45) is 0 Å². The lowest BCUT2D eigenvalue weighted by Crippen LogP contribution is -1.76. The molecular formula is C4H10O2. The van der Waals surface area contributed by atoms with Crippen LogP contribution in [0.15, 0.2) is 12.2 Å². The Kier molecular flexibility index (Phi) is 7.13. The van der Waals surface area contributed by atoms with Crippen LogP contribution in [0, 0.1) is 0 Å². The van der Waals surface area contributed by atoms with Crippen molar-refractivity contribution in [1.29, 1.82) is 0 Å². The average molecular weight is 90.1 g/mol. The zero-order valence-electron chi connectivity index (χ0n) is 3.86. The largest absolute Gasteiger partial charge is 0.412 e. The van der Waals surface area contributed by atoms with Crippen LogP contribution in [0.2, 0.25) is 0 Å². The minimum Gasteiger partial charge on any atom is -0.412 e. The molecule has 0 unspecified atom stereocenters. The first-order chi connectivity index (χ1) is 2.27. The van der Waals surface area contributed by atoms with Crippen molar-refractivity contribution in [3.63, 3.8) is 0 Å². The molecule has 0 atom stereocenters. The molecule has 2 nitrogen and oxygen atoms in total. The molecule has 0 spiro atoms. The Balaban J connectivity index is 0. The van der Waals surface area contributed by atoms with Gasteiger partial charge in [-0.3, -0.25) is 0 Å². The zero-order chi connectivity index (χ0) is 4.28. The van der Waals surface area contributed by atoms with Gasteiger partial charge in [0.05, 0.1) is 6.61 Å². The highest BCUT2D eigenvalue weighted by Gasteiger charge is 1.69. The maximum absolute atomic E-state index is 8.04. The van der Waals surface area contributed by atoms with Crippen molar-refractivity contribution in [2.45, 2.75) is 6.92 Å². The van der Waals surface area contributed by atoms with Gasteiger partial charge in [-0.2, -0.15) is 0 Å². The number of hydrogen-bond acceptors (Lipinski definition) is 1. The molecule has 2 heteroatoms. The minimum atomic E-state index is 0. The van der Waals surface area contributed by atoms with Crippen molar-refractivity contribution < 1.29 is 10.6 Å². The molecule has 0 bridgehead atoms.